The number of nitrogens with one attached hydrogen (secondary N) is 1. The number of ether oxygens (including phenoxy) is 3. The van der Waals surface area contributed by atoms with Crippen molar-refractivity contribution in [3.8, 4) is 11.5 Å². The molecule has 0 unspecified atom stereocenters. The Morgan fingerprint density at radius 3 is 2.52 bits per heavy atom. The molecule has 1 N–H and O–H groups in total. The van der Waals surface area contributed by atoms with Gasteiger partial charge in [0.25, 0.3) is 0 Å². The molecule has 3 rings (SSSR count). The largest absolute Gasteiger partial charge is 0.497 e. The quantitative estimate of drug-likeness (QED) is 0.633. The van der Waals surface area contributed by atoms with Crippen LogP contribution in [-0.2, 0) is 4.74 Å². The van der Waals surface area contributed by atoms with Gasteiger partial charge < -0.3 is 18.6 Å². The van der Waals surface area contributed by atoms with Gasteiger partial charge >= 0.3 is 17.6 Å². The van der Waals surface area contributed by atoms with Gasteiger partial charge in [-0.05, 0) is 18.2 Å². The van der Waals surface area contributed by atoms with E-state index in [1.54, 1.807) is 25.2 Å². The minimum atomic E-state index is -0.807. The number of urea groups is 1. The molecular weight excluding hydrogens is 400 g/mol. The fraction of sp³-hybridized carbons (Fsp3) is 0.211. The molecule has 0 atom stereocenters. The van der Waals surface area contributed by atoms with E-state index >= 15 is 0 Å². The summed E-state index contributed by atoms with van der Waals surface area (Å²) in [5.41, 5.74) is -0.259. The van der Waals surface area contributed by atoms with E-state index in [9.17, 15) is 14.4 Å². The van der Waals surface area contributed by atoms with Crippen LogP contribution in [0.15, 0.2) is 39.5 Å². The summed E-state index contributed by atoms with van der Waals surface area (Å²) in [5.74, 6) is 0.275. The molecule has 0 saturated heterocycles. The predicted molar refractivity (Wildman–Crippen MR) is 109 cm³/mol. The third-order valence-corrected chi connectivity index (χ3v) is 5.09. The minimum Gasteiger partial charge on any atom is -0.497 e. The van der Waals surface area contributed by atoms with Crippen LogP contribution in [0.1, 0.15) is 10.4 Å². The van der Waals surface area contributed by atoms with E-state index in [2.05, 4.69) is 10.1 Å². The molecule has 0 aliphatic heterocycles. The van der Waals surface area contributed by atoms with Gasteiger partial charge in [0, 0.05) is 19.2 Å². The first kappa shape index (κ1) is 20.2. The minimum absolute atomic E-state index is 0.210. The Balaban J connectivity index is 1.88. The first-order valence-corrected chi connectivity index (χ1v) is 9.12. The van der Waals surface area contributed by atoms with Crippen LogP contribution in [-0.4, -0.2) is 40.4 Å². The van der Waals surface area contributed by atoms with Gasteiger partial charge in [0.2, 0.25) is 0 Å². The molecule has 0 aliphatic rings. The van der Waals surface area contributed by atoms with Crippen molar-refractivity contribution in [1.82, 2.24) is 0 Å². The van der Waals surface area contributed by atoms with E-state index < -0.39 is 17.6 Å². The van der Waals surface area contributed by atoms with Crippen LogP contribution in [0, 0.1) is 0 Å². The van der Waals surface area contributed by atoms with Gasteiger partial charge in [-0.3, -0.25) is 10.2 Å². The second-order valence-electron chi connectivity index (χ2n) is 5.81. The van der Waals surface area contributed by atoms with E-state index in [1.165, 1.54) is 38.4 Å². The van der Waals surface area contributed by atoms with Crippen LogP contribution in [0.25, 0.3) is 10.3 Å². The zero-order valence-electron chi connectivity index (χ0n) is 16.1. The normalized spacial score (nSPS) is 10.5. The average Bonchev–Trinajstić information content (AvgIpc) is 3.12. The maximum atomic E-state index is 12.7. The zero-order valence-corrected chi connectivity index (χ0v) is 16.9. The van der Waals surface area contributed by atoms with Crippen molar-refractivity contribution in [3.05, 3.63) is 46.3 Å². The monoisotopic (exact) mass is 418 g/mol. The third-order valence-electron chi connectivity index (χ3n) is 4.11. The molecule has 3 aromatic rings. The lowest BCUT2D eigenvalue weighted by atomic mass is 10.2. The van der Waals surface area contributed by atoms with Crippen molar-refractivity contribution in [2.24, 2.45) is 0 Å². The van der Waals surface area contributed by atoms with Crippen molar-refractivity contribution in [2.45, 2.75) is 0 Å². The second-order valence-corrected chi connectivity index (χ2v) is 6.89. The van der Waals surface area contributed by atoms with Gasteiger partial charge in [-0.25, -0.2) is 14.4 Å². The van der Waals surface area contributed by atoms with Gasteiger partial charge in [0.05, 0.1) is 31.7 Å². The van der Waals surface area contributed by atoms with E-state index in [1.807, 2.05) is 0 Å². The molecule has 10 heteroatoms. The lowest BCUT2D eigenvalue weighted by Crippen LogP contribution is -2.31. The van der Waals surface area contributed by atoms with E-state index in [-0.39, 0.29) is 11.1 Å². The lowest BCUT2D eigenvalue weighted by Gasteiger charge is -2.20. The first-order valence-electron chi connectivity index (χ1n) is 8.30. The third kappa shape index (κ3) is 4.02. The Hall–Kier alpha value is -3.53. The average molecular weight is 418 g/mol. The number of rotatable bonds is 5. The maximum Gasteiger partial charge on any atom is 0.351 e. The van der Waals surface area contributed by atoms with Crippen molar-refractivity contribution in [2.75, 3.05) is 38.6 Å². The molecule has 0 radical (unpaired) electrons. The highest BCUT2D eigenvalue weighted by molar-refractivity contribution is 7.22. The molecular formula is C19H18N2O7S. The van der Waals surface area contributed by atoms with Crippen molar-refractivity contribution < 1.29 is 28.2 Å². The molecule has 0 bridgehead atoms. The molecule has 152 valence electrons. The highest BCUT2D eigenvalue weighted by Gasteiger charge is 2.19. The summed E-state index contributed by atoms with van der Waals surface area (Å²) in [7, 11) is 5.79. The van der Waals surface area contributed by atoms with Gasteiger partial charge in [0.1, 0.15) is 22.1 Å². The Bertz CT molecular complexity index is 1140. The van der Waals surface area contributed by atoms with Crippen LogP contribution >= 0.6 is 11.3 Å². The summed E-state index contributed by atoms with van der Waals surface area (Å²) in [4.78, 5) is 37.6. The van der Waals surface area contributed by atoms with Gasteiger partial charge in [-0.15, -0.1) is 11.3 Å². The number of thiophene rings is 1. The number of carbonyl (C=O) groups excluding carboxylic acids is 2. The zero-order chi connectivity index (χ0) is 21.1. The van der Waals surface area contributed by atoms with Gasteiger partial charge in [-0.1, -0.05) is 0 Å². The Labute approximate surface area is 169 Å². The molecule has 0 aliphatic carbocycles. The molecule has 0 fully saturated rings. The van der Waals surface area contributed by atoms with Gasteiger partial charge in [-0.2, -0.15) is 0 Å². The number of benzene rings is 1. The smallest absolute Gasteiger partial charge is 0.351 e. The highest BCUT2D eigenvalue weighted by Crippen LogP contribution is 2.33. The van der Waals surface area contributed by atoms with E-state index in [0.29, 0.717) is 26.9 Å². The predicted octanol–water partition coefficient (Wildman–Crippen LogP) is 3.33. The molecule has 2 aromatic heterocycles. The molecule has 0 saturated carbocycles. The number of amides is 2. The number of hydrogen-bond acceptors (Lipinski definition) is 8. The molecule has 29 heavy (non-hydrogen) atoms. The Morgan fingerprint density at radius 2 is 1.86 bits per heavy atom. The van der Waals surface area contributed by atoms with Crippen LogP contribution in [0.5, 0.6) is 11.5 Å². The fourth-order valence-corrected chi connectivity index (χ4v) is 3.50. The number of nitrogens with zero attached hydrogens (tertiary/aromatic N) is 1. The summed E-state index contributed by atoms with van der Waals surface area (Å²) in [6, 6.07) is 7.53. The maximum absolute atomic E-state index is 12.7. The van der Waals surface area contributed by atoms with Crippen molar-refractivity contribution in [1.29, 1.82) is 0 Å². The summed E-state index contributed by atoms with van der Waals surface area (Å²) in [6.45, 7) is 0. The van der Waals surface area contributed by atoms with Crippen LogP contribution in [0.3, 0.4) is 0 Å². The SMILES string of the molecule is COC(=O)c1cc2sc(NC(=O)N(C)c3cc(OC)ccc3OC)cc2oc1=O. The standard InChI is InChI=1S/C19H18N2O7S/c1-21(12-7-10(25-2)5-6-13(12)26-3)19(24)20-16-9-14-15(29-16)8-11(17(22)27-4)18(23)28-14/h5-9H,1-4H3,(H,20,24). The Morgan fingerprint density at radius 1 is 1.10 bits per heavy atom. The van der Waals surface area contributed by atoms with Crippen molar-refractivity contribution >= 4 is 44.3 Å². The number of hydrogen-bond donors (Lipinski definition) is 1. The number of methoxy groups -OCH3 is 3. The van der Waals surface area contributed by atoms with Crippen LogP contribution in [0.4, 0.5) is 15.5 Å². The lowest BCUT2D eigenvalue weighted by molar-refractivity contribution is 0.0596. The molecule has 1 aromatic carbocycles. The first-order chi connectivity index (χ1) is 13.9. The number of carbonyl (C=O) groups is 2. The summed E-state index contributed by atoms with van der Waals surface area (Å²) in [6.07, 6.45) is 0. The fourth-order valence-electron chi connectivity index (χ4n) is 2.58. The molecule has 2 heterocycles. The van der Waals surface area contributed by atoms with Crippen molar-refractivity contribution in [3.63, 3.8) is 0 Å². The summed E-state index contributed by atoms with van der Waals surface area (Å²) < 4.78 is 20.7. The van der Waals surface area contributed by atoms with Gasteiger partial charge in [0.15, 0.2) is 5.58 Å². The Kier molecular flexibility index (Phi) is 5.74. The number of fused-ring (bicyclic) bond motifs is 1. The molecule has 0 spiro atoms. The summed E-state index contributed by atoms with van der Waals surface area (Å²) >= 11 is 1.15. The topological polar surface area (TPSA) is 107 Å². The summed E-state index contributed by atoms with van der Waals surface area (Å²) in [5, 5.41) is 3.17. The van der Waals surface area contributed by atoms with E-state index in [4.69, 9.17) is 13.9 Å². The molecule has 2 amide bonds. The number of esters is 1. The van der Waals surface area contributed by atoms with E-state index in [0.717, 1.165) is 11.3 Å². The molecule has 9 nitrogen and oxygen atoms in total. The number of anilines is 2. The van der Waals surface area contributed by atoms with Crippen LogP contribution < -0.4 is 25.3 Å². The highest BCUT2D eigenvalue weighted by atomic mass is 32.1. The van der Waals surface area contributed by atoms with Crippen LogP contribution in [0.2, 0.25) is 0 Å². The second kappa shape index (κ2) is 8.23.